The molecule has 0 saturated heterocycles. The molecule has 2 rings (SSSR count). The summed E-state index contributed by atoms with van der Waals surface area (Å²) in [4.78, 5) is 12.0. The van der Waals surface area contributed by atoms with E-state index in [1.54, 1.807) is 0 Å². The highest BCUT2D eigenvalue weighted by atomic mass is 16.3. The molecule has 110 valence electrons. The van der Waals surface area contributed by atoms with Gasteiger partial charge in [-0.05, 0) is 56.4 Å². The Morgan fingerprint density at radius 3 is 2.42 bits per heavy atom. The van der Waals surface area contributed by atoms with Crippen LogP contribution in [0, 0.1) is 11.3 Å². The molecule has 0 radical (unpaired) electrons. The summed E-state index contributed by atoms with van der Waals surface area (Å²) in [6.45, 7) is 3.22. The second kappa shape index (κ2) is 5.80. The number of aliphatic hydroxyl groups is 1. The van der Waals surface area contributed by atoms with Crippen molar-refractivity contribution >= 4 is 5.91 Å². The van der Waals surface area contributed by atoms with E-state index in [9.17, 15) is 9.90 Å². The molecule has 0 spiro atoms. The highest BCUT2D eigenvalue weighted by molar-refractivity contribution is 5.77. The molecule has 19 heavy (non-hydrogen) atoms. The van der Waals surface area contributed by atoms with E-state index in [-0.39, 0.29) is 11.3 Å². The second-order valence-electron chi connectivity index (χ2n) is 6.92. The minimum Gasteiger partial charge on any atom is -0.388 e. The van der Waals surface area contributed by atoms with Crippen molar-refractivity contribution in [1.29, 1.82) is 0 Å². The Labute approximate surface area is 116 Å². The van der Waals surface area contributed by atoms with Crippen molar-refractivity contribution in [1.82, 2.24) is 5.32 Å². The average molecular weight is 268 g/mol. The first-order valence-electron chi connectivity index (χ1n) is 7.66. The number of carbonyl (C=O) groups excluding carboxylic acids is 1. The molecule has 2 aliphatic carbocycles. The maximum atomic E-state index is 12.0. The topological polar surface area (TPSA) is 75.3 Å². The molecule has 2 fully saturated rings. The van der Waals surface area contributed by atoms with Gasteiger partial charge in [0.1, 0.15) is 0 Å². The van der Waals surface area contributed by atoms with E-state index in [0.29, 0.717) is 25.4 Å². The molecule has 4 N–H and O–H groups in total. The smallest absolute Gasteiger partial charge is 0.220 e. The zero-order valence-electron chi connectivity index (χ0n) is 12.1. The highest BCUT2D eigenvalue weighted by Gasteiger charge is 2.38. The number of carbonyl (C=O) groups is 1. The lowest BCUT2D eigenvalue weighted by Gasteiger charge is -2.41. The SMILES string of the molecule is CC1CCC(O)(CNC(=O)CC2(CN)CCC2)CC1. The van der Waals surface area contributed by atoms with Gasteiger partial charge < -0.3 is 16.2 Å². The number of rotatable bonds is 5. The quantitative estimate of drug-likeness (QED) is 0.708. The third-order valence-corrected chi connectivity index (χ3v) is 5.20. The molecule has 2 aliphatic rings. The van der Waals surface area contributed by atoms with Gasteiger partial charge in [0, 0.05) is 13.0 Å². The lowest BCUT2D eigenvalue weighted by Crippen LogP contribution is -2.47. The molecular weight excluding hydrogens is 240 g/mol. The highest BCUT2D eigenvalue weighted by Crippen LogP contribution is 2.42. The van der Waals surface area contributed by atoms with Crippen LogP contribution >= 0.6 is 0 Å². The predicted molar refractivity (Wildman–Crippen MR) is 75.5 cm³/mol. The van der Waals surface area contributed by atoms with Gasteiger partial charge in [-0.3, -0.25) is 4.79 Å². The fraction of sp³-hybridized carbons (Fsp3) is 0.933. The van der Waals surface area contributed by atoms with Crippen LogP contribution in [0.15, 0.2) is 0 Å². The summed E-state index contributed by atoms with van der Waals surface area (Å²) in [5.74, 6) is 0.753. The molecule has 0 aromatic heterocycles. The first-order chi connectivity index (χ1) is 8.97. The zero-order chi connectivity index (χ0) is 13.9. The van der Waals surface area contributed by atoms with E-state index in [1.807, 2.05) is 0 Å². The molecule has 4 nitrogen and oxygen atoms in total. The summed E-state index contributed by atoms with van der Waals surface area (Å²) in [6, 6.07) is 0. The van der Waals surface area contributed by atoms with E-state index in [0.717, 1.165) is 38.5 Å². The third-order valence-electron chi connectivity index (χ3n) is 5.20. The van der Waals surface area contributed by atoms with Crippen molar-refractivity contribution in [3.63, 3.8) is 0 Å². The van der Waals surface area contributed by atoms with Gasteiger partial charge >= 0.3 is 0 Å². The Kier molecular flexibility index (Phi) is 4.51. The first-order valence-corrected chi connectivity index (χ1v) is 7.66. The fourth-order valence-electron chi connectivity index (χ4n) is 3.27. The van der Waals surface area contributed by atoms with E-state index in [1.165, 1.54) is 6.42 Å². The molecule has 0 aliphatic heterocycles. The molecule has 0 atom stereocenters. The van der Waals surface area contributed by atoms with Crippen molar-refractivity contribution in [3.05, 3.63) is 0 Å². The number of nitrogens with two attached hydrogens (primary N) is 1. The van der Waals surface area contributed by atoms with Crippen LogP contribution in [0.4, 0.5) is 0 Å². The number of hydrogen-bond acceptors (Lipinski definition) is 3. The van der Waals surface area contributed by atoms with Crippen molar-refractivity contribution in [3.8, 4) is 0 Å². The van der Waals surface area contributed by atoms with Crippen LogP contribution in [0.2, 0.25) is 0 Å². The van der Waals surface area contributed by atoms with Gasteiger partial charge in [-0.2, -0.15) is 0 Å². The standard InChI is InChI=1S/C15H28N2O2/c1-12-3-7-15(19,8-4-12)11-17-13(18)9-14(10-16)5-2-6-14/h12,19H,2-11,16H2,1H3,(H,17,18). The monoisotopic (exact) mass is 268 g/mol. The minimum atomic E-state index is -0.683. The van der Waals surface area contributed by atoms with Gasteiger partial charge in [0.25, 0.3) is 0 Å². The Hall–Kier alpha value is -0.610. The van der Waals surface area contributed by atoms with Crippen LogP contribution in [0.1, 0.15) is 58.3 Å². The summed E-state index contributed by atoms with van der Waals surface area (Å²) in [5.41, 5.74) is 5.13. The van der Waals surface area contributed by atoms with Gasteiger partial charge in [-0.15, -0.1) is 0 Å². The first kappa shape index (κ1) is 14.8. The van der Waals surface area contributed by atoms with E-state index in [4.69, 9.17) is 5.73 Å². The Morgan fingerprint density at radius 2 is 1.95 bits per heavy atom. The normalized spacial score (nSPS) is 33.5. The van der Waals surface area contributed by atoms with Crippen LogP contribution in [0.25, 0.3) is 0 Å². The van der Waals surface area contributed by atoms with Crippen molar-refractivity contribution < 1.29 is 9.90 Å². The third kappa shape index (κ3) is 3.69. The molecule has 0 bridgehead atoms. The molecule has 1 amide bonds. The summed E-state index contributed by atoms with van der Waals surface area (Å²) in [6.07, 6.45) is 7.56. The predicted octanol–water partition coefficient (Wildman–Crippen LogP) is 1.56. The van der Waals surface area contributed by atoms with Crippen LogP contribution < -0.4 is 11.1 Å². The maximum Gasteiger partial charge on any atom is 0.220 e. The van der Waals surface area contributed by atoms with Crippen molar-refractivity contribution in [2.75, 3.05) is 13.1 Å². The van der Waals surface area contributed by atoms with E-state index >= 15 is 0 Å². The van der Waals surface area contributed by atoms with Gasteiger partial charge in [-0.1, -0.05) is 13.3 Å². The number of nitrogens with one attached hydrogen (secondary N) is 1. The van der Waals surface area contributed by atoms with Crippen LogP contribution in [-0.4, -0.2) is 29.7 Å². The molecule has 2 saturated carbocycles. The van der Waals surface area contributed by atoms with Crippen molar-refractivity contribution in [2.24, 2.45) is 17.1 Å². The van der Waals surface area contributed by atoms with E-state index < -0.39 is 5.60 Å². The van der Waals surface area contributed by atoms with Crippen LogP contribution in [0.3, 0.4) is 0 Å². The fourth-order valence-corrected chi connectivity index (χ4v) is 3.27. The minimum absolute atomic E-state index is 0.0494. The van der Waals surface area contributed by atoms with Gasteiger partial charge in [-0.25, -0.2) is 0 Å². The molecule has 0 aromatic rings. The summed E-state index contributed by atoms with van der Waals surface area (Å²) < 4.78 is 0. The number of amides is 1. The Bertz CT molecular complexity index is 313. The molecular formula is C15H28N2O2. The van der Waals surface area contributed by atoms with Gasteiger partial charge in [0.05, 0.1) is 5.60 Å². The second-order valence-corrected chi connectivity index (χ2v) is 6.92. The Balaban J connectivity index is 1.74. The van der Waals surface area contributed by atoms with E-state index in [2.05, 4.69) is 12.2 Å². The lowest BCUT2D eigenvalue weighted by molar-refractivity contribution is -0.126. The largest absolute Gasteiger partial charge is 0.388 e. The molecule has 4 heteroatoms. The lowest BCUT2D eigenvalue weighted by atomic mass is 9.66. The zero-order valence-corrected chi connectivity index (χ0v) is 12.1. The van der Waals surface area contributed by atoms with Gasteiger partial charge in [0.2, 0.25) is 5.91 Å². The molecule has 0 unspecified atom stereocenters. The molecule has 0 heterocycles. The Morgan fingerprint density at radius 1 is 1.32 bits per heavy atom. The van der Waals surface area contributed by atoms with Gasteiger partial charge in [0.15, 0.2) is 0 Å². The molecule has 0 aromatic carbocycles. The van der Waals surface area contributed by atoms with Crippen LogP contribution in [0.5, 0.6) is 0 Å². The van der Waals surface area contributed by atoms with Crippen molar-refractivity contribution in [2.45, 2.75) is 63.9 Å². The summed E-state index contributed by atoms with van der Waals surface area (Å²) in [5, 5.41) is 13.3. The maximum absolute atomic E-state index is 12.0. The van der Waals surface area contributed by atoms with Crippen LogP contribution in [-0.2, 0) is 4.79 Å². The summed E-state index contributed by atoms with van der Waals surface area (Å²) >= 11 is 0. The number of hydrogen-bond donors (Lipinski definition) is 3. The average Bonchev–Trinajstić information content (AvgIpc) is 2.36. The summed E-state index contributed by atoms with van der Waals surface area (Å²) in [7, 11) is 0.